The van der Waals surface area contributed by atoms with Gasteiger partial charge in [0, 0.05) is 0 Å². The highest BCUT2D eigenvalue weighted by Gasteiger charge is 2.27. The van der Waals surface area contributed by atoms with Gasteiger partial charge in [0.2, 0.25) is 0 Å². The van der Waals surface area contributed by atoms with Crippen LogP contribution in [0.15, 0.2) is 0 Å². The van der Waals surface area contributed by atoms with E-state index in [1.165, 1.54) is 0 Å². The lowest BCUT2D eigenvalue weighted by atomic mass is 10.2. The fraction of sp³-hybridized carbons (Fsp3) is 0.818. The van der Waals surface area contributed by atoms with Crippen molar-refractivity contribution in [3.63, 3.8) is 0 Å². The van der Waals surface area contributed by atoms with Gasteiger partial charge in [-0.15, -0.1) is 0 Å². The van der Waals surface area contributed by atoms with Crippen LogP contribution in [-0.2, 0) is 18.4 Å². The van der Waals surface area contributed by atoms with Crippen molar-refractivity contribution >= 4 is 42.5 Å². The Labute approximate surface area is 129 Å². The van der Waals surface area contributed by atoms with Crippen LogP contribution in [-0.4, -0.2) is 53.5 Å². The highest BCUT2D eigenvalue weighted by molar-refractivity contribution is 7.98. The van der Waals surface area contributed by atoms with E-state index in [9.17, 15) is 9.36 Å². The average molecular weight is 343 g/mol. The van der Waals surface area contributed by atoms with Gasteiger partial charge in [0.15, 0.2) is 0 Å². The van der Waals surface area contributed by atoms with Crippen LogP contribution < -0.4 is 5.32 Å². The van der Waals surface area contributed by atoms with Gasteiger partial charge in [0.1, 0.15) is 12.2 Å². The number of thiocarbonyl (C=S) groups is 1. The van der Waals surface area contributed by atoms with Crippen molar-refractivity contribution in [1.82, 2.24) is 5.32 Å². The smallest absolute Gasteiger partial charge is 0.337 e. The molecule has 0 rings (SSSR count). The van der Waals surface area contributed by atoms with Crippen LogP contribution >= 0.6 is 31.6 Å². The second kappa shape index (κ2) is 10.6. The predicted octanol–water partition coefficient (Wildman–Crippen LogP) is 2.38. The van der Waals surface area contributed by atoms with E-state index in [4.69, 9.17) is 26.4 Å². The number of rotatable bonds is 11. The molecule has 6 nitrogen and oxygen atoms in total. The van der Waals surface area contributed by atoms with Gasteiger partial charge in [-0.2, -0.15) is 11.8 Å². The first kappa shape index (κ1) is 19.9. The molecule has 0 heterocycles. The molecule has 0 aromatic carbocycles. The van der Waals surface area contributed by atoms with Crippen molar-refractivity contribution < 1.29 is 23.5 Å². The summed E-state index contributed by atoms with van der Waals surface area (Å²) >= 11 is 6.62. The monoisotopic (exact) mass is 343 g/mol. The summed E-state index contributed by atoms with van der Waals surface area (Å²) < 4.78 is 22.5. The molecule has 1 atom stereocenters. The van der Waals surface area contributed by atoms with E-state index in [0.717, 1.165) is 0 Å². The fourth-order valence-corrected chi connectivity index (χ4v) is 4.01. The van der Waals surface area contributed by atoms with Crippen molar-refractivity contribution in [2.75, 3.05) is 31.4 Å². The van der Waals surface area contributed by atoms with E-state index >= 15 is 0 Å². The Kier molecular flexibility index (Phi) is 10.5. The number of thioether (sulfide) groups is 1. The van der Waals surface area contributed by atoms with Gasteiger partial charge >= 0.3 is 13.6 Å². The predicted molar refractivity (Wildman–Crippen MR) is 85.9 cm³/mol. The molecule has 0 fully saturated rings. The molecule has 0 bridgehead atoms. The number of carbonyl (C=O) groups is 1. The van der Waals surface area contributed by atoms with Gasteiger partial charge in [-0.3, -0.25) is 4.57 Å². The number of hydrogen-bond acceptors (Lipinski definition) is 6. The minimum absolute atomic E-state index is 0.104. The van der Waals surface area contributed by atoms with Crippen LogP contribution in [0.25, 0.3) is 0 Å². The quantitative estimate of drug-likeness (QED) is 0.437. The third kappa shape index (κ3) is 8.21. The topological polar surface area (TPSA) is 84.9 Å². The molecule has 0 aromatic heterocycles. The fourth-order valence-electron chi connectivity index (χ4n) is 1.43. The van der Waals surface area contributed by atoms with Crippen molar-refractivity contribution in [1.29, 1.82) is 0 Å². The lowest BCUT2D eigenvalue weighted by Crippen LogP contribution is -2.41. The summed E-state index contributed by atoms with van der Waals surface area (Å²) in [7, 11) is -3.29. The van der Waals surface area contributed by atoms with E-state index < -0.39 is 19.6 Å². The van der Waals surface area contributed by atoms with E-state index in [1.807, 2.05) is 6.26 Å². The molecule has 1 unspecified atom stereocenters. The molecule has 20 heavy (non-hydrogen) atoms. The number of aliphatic carboxylic acids is 1. The average Bonchev–Trinajstić information content (AvgIpc) is 2.34. The summed E-state index contributed by atoms with van der Waals surface area (Å²) in [5, 5.41) is 11.8. The number of nitrogens with one attached hydrogen (secondary N) is 1. The van der Waals surface area contributed by atoms with Gasteiger partial charge in [0.05, 0.1) is 18.2 Å². The Morgan fingerprint density at radius 1 is 1.40 bits per heavy atom. The third-order valence-corrected chi connectivity index (χ3v) is 5.36. The van der Waals surface area contributed by atoms with Gasteiger partial charge < -0.3 is 19.5 Å². The lowest BCUT2D eigenvalue weighted by molar-refractivity contribution is -0.139. The highest BCUT2D eigenvalue weighted by Crippen LogP contribution is 2.47. The summed E-state index contributed by atoms with van der Waals surface area (Å²) in [6.07, 6.45) is 2.23. The molecule has 0 spiro atoms. The molecule has 2 N–H and O–H groups in total. The van der Waals surface area contributed by atoms with Gasteiger partial charge in [-0.05, 0) is 32.3 Å². The largest absolute Gasteiger partial charge is 0.480 e. The van der Waals surface area contributed by atoms with E-state index in [-0.39, 0.29) is 24.4 Å². The molecule has 0 radical (unpaired) electrons. The van der Waals surface area contributed by atoms with Gasteiger partial charge in [0.25, 0.3) is 0 Å². The van der Waals surface area contributed by atoms with E-state index in [2.05, 4.69) is 5.32 Å². The minimum Gasteiger partial charge on any atom is -0.480 e. The summed E-state index contributed by atoms with van der Waals surface area (Å²) in [4.78, 5) is 11.3. The van der Waals surface area contributed by atoms with Crippen LogP contribution in [0.2, 0.25) is 0 Å². The first-order chi connectivity index (χ1) is 9.38. The van der Waals surface area contributed by atoms with Gasteiger partial charge in [-0.1, -0.05) is 12.2 Å². The summed E-state index contributed by atoms with van der Waals surface area (Å²) in [5.41, 5.74) is 0. The van der Waals surface area contributed by atoms with Crippen LogP contribution in [0.5, 0.6) is 0 Å². The lowest BCUT2D eigenvalue weighted by Gasteiger charge is -2.20. The first-order valence-corrected chi connectivity index (χ1v) is 9.80. The van der Waals surface area contributed by atoms with Crippen LogP contribution in [0.3, 0.4) is 0 Å². The zero-order valence-corrected chi connectivity index (χ0v) is 14.5. The van der Waals surface area contributed by atoms with E-state index in [1.54, 1.807) is 25.6 Å². The molecular formula is C11H22NO5PS2. The molecule has 9 heteroatoms. The highest BCUT2D eigenvalue weighted by atomic mass is 32.2. The maximum atomic E-state index is 12.3. The summed E-state index contributed by atoms with van der Waals surface area (Å²) in [6, 6.07) is -0.786. The third-order valence-electron chi connectivity index (χ3n) is 2.23. The maximum absolute atomic E-state index is 12.3. The minimum atomic E-state index is -3.29. The molecule has 0 aliphatic carbocycles. The van der Waals surface area contributed by atoms with Gasteiger partial charge in [-0.25, -0.2) is 4.79 Å². The van der Waals surface area contributed by atoms with Crippen LogP contribution in [0.1, 0.15) is 20.3 Å². The Bertz CT molecular complexity index is 357. The normalized spacial score (nSPS) is 12.9. The number of carboxylic acids is 1. The molecule has 0 aromatic rings. The molecule has 0 aliphatic heterocycles. The second-order valence-corrected chi connectivity index (χ2v) is 7.38. The molecule has 0 saturated carbocycles. The van der Waals surface area contributed by atoms with Crippen molar-refractivity contribution in [2.45, 2.75) is 26.3 Å². The standard InChI is InChI=1S/C11H22NO5PS2/c1-4-16-18(15,17-5-2)8-10(19)12-9(11(13)14)6-7-20-3/h9H,4-8H2,1-3H3,(H,12,19)(H,13,14). The molecular weight excluding hydrogens is 321 g/mol. The summed E-state index contributed by atoms with van der Waals surface area (Å²) in [5.74, 6) is -0.287. The Hall–Kier alpha value is -0.140. The van der Waals surface area contributed by atoms with Crippen molar-refractivity contribution in [3.05, 3.63) is 0 Å². The SMILES string of the molecule is CCOP(=O)(CC(=S)NC(CCSC)C(=O)O)OCC. The first-order valence-electron chi connectivity index (χ1n) is 6.27. The molecule has 118 valence electrons. The van der Waals surface area contributed by atoms with Crippen LogP contribution in [0.4, 0.5) is 0 Å². The number of carboxylic acid groups (broad SMARTS) is 1. The maximum Gasteiger partial charge on any atom is 0.337 e. The zero-order chi connectivity index (χ0) is 15.6. The molecule has 0 amide bonds. The van der Waals surface area contributed by atoms with Crippen molar-refractivity contribution in [2.24, 2.45) is 0 Å². The molecule has 0 saturated heterocycles. The molecule has 0 aliphatic rings. The Morgan fingerprint density at radius 3 is 2.35 bits per heavy atom. The van der Waals surface area contributed by atoms with Crippen molar-refractivity contribution in [3.8, 4) is 0 Å². The Morgan fingerprint density at radius 2 is 1.95 bits per heavy atom. The van der Waals surface area contributed by atoms with Crippen LogP contribution in [0, 0.1) is 0 Å². The number of hydrogen-bond donors (Lipinski definition) is 2. The second-order valence-electron chi connectivity index (χ2n) is 3.84. The van der Waals surface area contributed by atoms with E-state index in [0.29, 0.717) is 12.2 Å². The Balaban J connectivity index is 4.55. The summed E-state index contributed by atoms with van der Waals surface area (Å²) in [6.45, 7) is 3.91. The zero-order valence-electron chi connectivity index (χ0n) is 12.0.